The number of benzene rings is 3. The van der Waals surface area contributed by atoms with E-state index in [4.69, 9.17) is 24.5 Å². The van der Waals surface area contributed by atoms with Crippen LogP contribution < -0.4 is 4.74 Å². The highest BCUT2D eigenvalue weighted by molar-refractivity contribution is 5.82. The van der Waals surface area contributed by atoms with Crippen LogP contribution in [0.15, 0.2) is 66.7 Å². The summed E-state index contributed by atoms with van der Waals surface area (Å²) in [6.45, 7) is 1.49. The molecule has 168 valence electrons. The lowest BCUT2D eigenvalue weighted by Crippen LogP contribution is -2.44. The summed E-state index contributed by atoms with van der Waals surface area (Å²) in [7, 11) is 0. The first-order valence-corrected chi connectivity index (χ1v) is 10.7. The molecule has 3 aromatic rings. The Morgan fingerprint density at radius 3 is 2.56 bits per heavy atom. The number of hydroxylamine groups is 2. The molecule has 4 rings (SSSR count). The maximum absolute atomic E-state index is 11.0. The summed E-state index contributed by atoms with van der Waals surface area (Å²) >= 11 is 0. The third-order valence-electron chi connectivity index (χ3n) is 5.68. The Morgan fingerprint density at radius 1 is 1.03 bits per heavy atom. The number of carbonyl (C=O) groups is 1. The van der Waals surface area contributed by atoms with Crippen LogP contribution in [0.2, 0.25) is 0 Å². The molecule has 0 amide bonds. The highest BCUT2D eigenvalue weighted by Crippen LogP contribution is 2.32. The molecule has 2 atom stereocenters. The summed E-state index contributed by atoms with van der Waals surface area (Å²) in [6, 6.07) is 22.2. The SMILES string of the molecule is O=C(O)ON1CCC(c2ccc(OCCO)cc2)C(OCc2ccc3ccccc3c2)C1. The van der Waals surface area contributed by atoms with Gasteiger partial charge in [-0.25, -0.2) is 4.79 Å². The topological polar surface area (TPSA) is 88.5 Å². The second-order valence-electron chi connectivity index (χ2n) is 7.81. The van der Waals surface area contributed by atoms with Crippen molar-refractivity contribution >= 4 is 16.9 Å². The zero-order valence-electron chi connectivity index (χ0n) is 17.7. The third kappa shape index (κ3) is 5.56. The molecule has 7 heteroatoms. The Labute approximate surface area is 186 Å². The van der Waals surface area contributed by atoms with Gasteiger partial charge in [-0.15, -0.1) is 5.06 Å². The highest BCUT2D eigenvalue weighted by Gasteiger charge is 2.33. The van der Waals surface area contributed by atoms with E-state index in [-0.39, 0.29) is 25.2 Å². The van der Waals surface area contributed by atoms with Crippen molar-refractivity contribution in [1.29, 1.82) is 0 Å². The van der Waals surface area contributed by atoms with Gasteiger partial charge in [0.05, 0.1) is 25.9 Å². The average Bonchev–Trinajstić information content (AvgIpc) is 2.81. The van der Waals surface area contributed by atoms with E-state index < -0.39 is 6.16 Å². The lowest BCUT2D eigenvalue weighted by Gasteiger charge is -2.37. The second kappa shape index (κ2) is 10.5. The van der Waals surface area contributed by atoms with Crippen LogP contribution in [0.1, 0.15) is 23.5 Å². The Kier molecular flexibility index (Phi) is 7.21. The van der Waals surface area contributed by atoms with Crippen molar-refractivity contribution in [3.05, 3.63) is 77.9 Å². The van der Waals surface area contributed by atoms with Crippen LogP contribution in [0.25, 0.3) is 10.8 Å². The molecule has 1 aliphatic rings. The van der Waals surface area contributed by atoms with Crippen molar-refractivity contribution < 1.29 is 29.3 Å². The van der Waals surface area contributed by atoms with Gasteiger partial charge in [-0.1, -0.05) is 48.5 Å². The average molecular weight is 437 g/mol. The number of piperidine rings is 1. The number of carboxylic acid groups (broad SMARTS) is 1. The Bertz CT molecular complexity index is 1040. The molecule has 2 unspecified atom stereocenters. The zero-order valence-corrected chi connectivity index (χ0v) is 17.7. The molecule has 0 spiro atoms. The molecule has 0 radical (unpaired) electrons. The van der Waals surface area contributed by atoms with Crippen LogP contribution in [0, 0.1) is 0 Å². The van der Waals surface area contributed by atoms with E-state index in [1.807, 2.05) is 36.4 Å². The van der Waals surface area contributed by atoms with Crippen molar-refractivity contribution in [3.8, 4) is 5.75 Å². The van der Waals surface area contributed by atoms with Crippen molar-refractivity contribution in [2.75, 3.05) is 26.3 Å². The highest BCUT2D eigenvalue weighted by atomic mass is 16.8. The lowest BCUT2D eigenvalue weighted by molar-refractivity contribution is -0.166. The smallest absolute Gasteiger partial charge is 0.491 e. The quantitative estimate of drug-likeness (QED) is 0.546. The maximum Gasteiger partial charge on any atom is 0.525 e. The molecular weight excluding hydrogens is 410 g/mol. The molecular formula is C25H27NO6. The summed E-state index contributed by atoms with van der Waals surface area (Å²) in [6.07, 6.45) is -0.854. The minimum Gasteiger partial charge on any atom is -0.491 e. The van der Waals surface area contributed by atoms with Gasteiger partial charge in [0.25, 0.3) is 0 Å². The largest absolute Gasteiger partial charge is 0.525 e. The van der Waals surface area contributed by atoms with Gasteiger partial charge in [0.1, 0.15) is 12.4 Å². The summed E-state index contributed by atoms with van der Waals surface area (Å²) in [5, 5.41) is 21.7. The molecule has 1 saturated heterocycles. The minimum absolute atomic E-state index is 0.0333. The number of rotatable bonds is 8. The van der Waals surface area contributed by atoms with Crippen molar-refractivity contribution in [1.82, 2.24) is 5.06 Å². The van der Waals surface area contributed by atoms with Crippen LogP contribution in [0.3, 0.4) is 0 Å². The van der Waals surface area contributed by atoms with Gasteiger partial charge < -0.3 is 24.5 Å². The van der Waals surface area contributed by atoms with E-state index in [0.717, 1.165) is 16.5 Å². The normalized spacial score (nSPS) is 19.0. The molecule has 2 N–H and O–H groups in total. The summed E-state index contributed by atoms with van der Waals surface area (Å²) in [4.78, 5) is 15.9. The number of fused-ring (bicyclic) bond motifs is 1. The first-order chi connectivity index (χ1) is 15.6. The van der Waals surface area contributed by atoms with Crippen LogP contribution in [-0.2, 0) is 16.2 Å². The predicted molar refractivity (Wildman–Crippen MR) is 120 cm³/mol. The van der Waals surface area contributed by atoms with Crippen molar-refractivity contribution in [2.24, 2.45) is 0 Å². The Hall–Kier alpha value is -3.13. The monoisotopic (exact) mass is 437 g/mol. The van der Waals surface area contributed by atoms with E-state index >= 15 is 0 Å². The van der Waals surface area contributed by atoms with Crippen molar-refractivity contribution in [3.63, 3.8) is 0 Å². The van der Waals surface area contributed by atoms with Crippen LogP contribution in [-0.4, -0.2) is 53.8 Å². The number of hydrogen-bond donors (Lipinski definition) is 2. The van der Waals surface area contributed by atoms with E-state index in [0.29, 0.717) is 31.9 Å². The van der Waals surface area contributed by atoms with Gasteiger partial charge in [0.15, 0.2) is 0 Å². The van der Waals surface area contributed by atoms with E-state index in [2.05, 4.69) is 30.3 Å². The van der Waals surface area contributed by atoms with Gasteiger partial charge >= 0.3 is 6.16 Å². The summed E-state index contributed by atoms with van der Waals surface area (Å²) in [5.41, 5.74) is 2.16. The predicted octanol–water partition coefficient (Wildman–Crippen LogP) is 4.20. The van der Waals surface area contributed by atoms with Crippen LogP contribution in [0.4, 0.5) is 4.79 Å². The number of aliphatic hydroxyl groups is 1. The zero-order chi connectivity index (χ0) is 22.3. The molecule has 1 aliphatic heterocycles. The van der Waals surface area contributed by atoms with Gasteiger partial charge in [-0.05, 0) is 46.5 Å². The minimum atomic E-state index is -1.32. The Balaban J connectivity index is 1.48. The number of hydrogen-bond acceptors (Lipinski definition) is 6. The molecule has 0 bridgehead atoms. The van der Waals surface area contributed by atoms with Gasteiger partial charge in [0, 0.05) is 12.5 Å². The molecule has 1 heterocycles. The van der Waals surface area contributed by atoms with E-state index in [1.54, 1.807) is 0 Å². The first-order valence-electron chi connectivity index (χ1n) is 10.7. The van der Waals surface area contributed by atoms with Crippen molar-refractivity contribution in [2.45, 2.75) is 25.0 Å². The fourth-order valence-corrected chi connectivity index (χ4v) is 4.14. The second-order valence-corrected chi connectivity index (χ2v) is 7.81. The first kappa shape index (κ1) is 22.1. The molecule has 0 aliphatic carbocycles. The van der Waals surface area contributed by atoms with Gasteiger partial charge in [-0.3, -0.25) is 0 Å². The van der Waals surface area contributed by atoms with Gasteiger partial charge in [-0.2, -0.15) is 0 Å². The molecule has 7 nitrogen and oxygen atoms in total. The van der Waals surface area contributed by atoms with E-state index in [9.17, 15) is 4.79 Å². The maximum atomic E-state index is 11.0. The summed E-state index contributed by atoms with van der Waals surface area (Å²) in [5.74, 6) is 0.791. The third-order valence-corrected chi connectivity index (χ3v) is 5.68. The molecule has 1 fully saturated rings. The van der Waals surface area contributed by atoms with E-state index in [1.165, 1.54) is 10.4 Å². The molecule has 32 heavy (non-hydrogen) atoms. The van der Waals surface area contributed by atoms with Crippen LogP contribution >= 0.6 is 0 Å². The number of aliphatic hydroxyl groups excluding tert-OH is 1. The molecule has 0 saturated carbocycles. The number of nitrogens with zero attached hydrogens (tertiary/aromatic N) is 1. The molecule has 3 aromatic carbocycles. The molecule has 0 aromatic heterocycles. The Morgan fingerprint density at radius 2 is 1.81 bits per heavy atom. The summed E-state index contributed by atoms with van der Waals surface area (Å²) < 4.78 is 11.8. The van der Waals surface area contributed by atoms with Crippen LogP contribution in [0.5, 0.6) is 5.75 Å². The van der Waals surface area contributed by atoms with Gasteiger partial charge in [0.2, 0.25) is 0 Å². The fourth-order valence-electron chi connectivity index (χ4n) is 4.14. The number of ether oxygens (including phenoxy) is 2. The fraction of sp³-hybridized carbons (Fsp3) is 0.320. The standard InChI is InChI=1S/C25H27NO6/c27-13-14-30-22-9-7-20(8-10-22)23-11-12-26(32-25(28)29)16-24(23)31-17-18-5-6-19-3-1-2-4-21(19)15-18/h1-10,15,23-24,27H,11-14,16-17H2,(H,28,29). The lowest BCUT2D eigenvalue weighted by atomic mass is 9.87.